The minimum Gasteiger partial charge on any atom is -0.350 e. The molecule has 2 aliphatic heterocycles. The van der Waals surface area contributed by atoms with Gasteiger partial charge in [-0.3, -0.25) is 14.4 Å². The number of nitrogens with zero attached hydrogens (tertiary/aromatic N) is 3. The summed E-state index contributed by atoms with van der Waals surface area (Å²) in [7, 11) is 0. The Morgan fingerprint density at radius 3 is 2.41 bits per heavy atom. The number of aromatic amines is 1. The molecule has 10 heteroatoms. The monoisotopic (exact) mass is 533 g/mol. The number of nitriles is 1. The summed E-state index contributed by atoms with van der Waals surface area (Å²) in [5.74, 6) is -0.624. The van der Waals surface area contributed by atoms with Crippen LogP contribution in [0.25, 0.3) is 10.9 Å². The van der Waals surface area contributed by atoms with Crippen LogP contribution in [0.4, 0.5) is 14.5 Å². The Labute approximate surface area is 224 Å². The van der Waals surface area contributed by atoms with Gasteiger partial charge >= 0.3 is 0 Å². The number of para-hydroxylation sites is 1. The van der Waals surface area contributed by atoms with Gasteiger partial charge in [0.25, 0.3) is 5.91 Å². The van der Waals surface area contributed by atoms with Crippen LogP contribution in [0, 0.1) is 40.7 Å². The summed E-state index contributed by atoms with van der Waals surface area (Å²) in [5, 5.41) is 11.9. The first-order chi connectivity index (χ1) is 18.9. The Morgan fingerprint density at radius 1 is 1.05 bits per heavy atom. The molecule has 4 unspecified atom stereocenters. The molecular weight excluding hydrogens is 504 g/mol. The van der Waals surface area contributed by atoms with E-state index in [0.717, 1.165) is 24.8 Å². The third-order valence-electron chi connectivity index (χ3n) is 7.93. The van der Waals surface area contributed by atoms with E-state index < -0.39 is 17.7 Å². The van der Waals surface area contributed by atoms with Crippen molar-refractivity contribution in [3.8, 4) is 6.07 Å². The molecule has 0 radical (unpaired) electrons. The molecular formula is C29H29F2N5O3. The summed E-state index contributed by atoms with van der Waals surface area (Å²) in [6.07, 6.45) is 4.67. The molecule has 2 aromatic carbocycles. The van der Waals surface area contributed by atoms with Crippen LogP contribution in [0.5, 0.6) is 0 Å². The number of H-pyrrole nitrogens is 1. The van der Waals surface area contributed by atoms with Crippen molar-refractivity contribution in [2.45, 2.75) is 31.7 Å². The highest BCUT2D eigenvalue weighted by Gasteiger charge is 2.38. The number of anilines is 1. The van der Waals surface area contributed by atoms with Gasteiger partial charge in [0, 0.05) is 36.8 Å². The lowest BCUT2D eigenvalue weighted by Crippen LogP contribution is -2.29. The van der Waals surface area contributed by atoms with Crippen molar-refractivity contribution < 1.29 is 23.2 Å². The smallest absolute Gasteiger partial charge is 0.270 e. The zero-order valence-corrected chi connectivity index (χ0v) is 21.3. The molecule has 0 bridgehead atoms. The molecule has 1 aromatic heterocycles. The summed E-state index contributed by atoms with van der Waals surface area (Å²) >= 11 is 0. The van der Waals surface area contributed by atoms with E-state index in [0.29, 0.717) is 42.4 Å². The first-order valence-corrected chi connectivity index (χ1v) is 13.1. The lowest BCUT2D eigenvalue weighted by atomic mass is 10.0. The summed E-state index contributed by atoms with van der Waals surface area (Å²) in [5.41, 5.74) is 1.39. The standard InChI is InChI=1S/C16H16F2N2O.C13H13N3O2/c17-11-4-13(18)12-6-15(19-14(12)5-11)16(21)20-7-9-2-1-3-10(9)8-20;14-7-12-6-10(8-16(12)9-17)13(18)15-11-4-2-1-3-5-11/h4-6,9-10,19H,1-3,7-8H2;1-5,9-10,12H,6,8H2,(H,15,18). The van der Waals surface area contributed by atoms with E-state index in [-0.39, 0.29) is 23.1 Å². The molecule has 2 saturated heterocycles. The third kappa shape index (κ3) is 5.62. The van der Waals surface area contributed by atoms with Gasteiger partial charge in [-0.15, -0.1) is 0 Å². The second-order valence-corrected chi connectivity index (χ2v) is 10.4. The number of halogens is 2. The van der Waals surface area contributed by atoms with Crippen molar-refractivity contribution in [3.05, 3.63) is 65.9 Å². The molecule has 3 amide bonds. The van der Waals surface area contributed by atoms with Gasteiger partial charge in [-0.2, -0.15) is 5.26 Å². The van der Waals surface area contributed by atoms with Gasteiger partial charge in [0.15, 0.2) is 0 Å². The molecule has 202 valence electrons. The number of benzene rings is 2. The van der Waals surface area contributed by atoms with Crippen LogP contribution in [0.3, 0.4) is 0 Å². The first kappa shape index (κ1) is 26.4. The Bertz CT molecular complexity index is 1410. The largest absolute Gasteiger partial charge is 0.350 e. The minimum absolute atomic E-state index is 0.111. The van der Waals surface area contributed by atoms with Crippen LogP contribution in [0.1, 0.15) is 36.2 Å². The number of rotatable bonds is 4. The van der Waals surface area contributed by atoms with E-state index >= 15 is 0 Å². The molecule has 39 heavy (non-hydrogen) atoms. The van der Waals surface area contributed by atoms with Crippen molar-refractivity contribution in [1.82, 2.24) is 14.8 Å². The predicted molar refractivity (Wildman–Crippen MR) is 140 cm³/mol. The van der Waals surface area contributed by atoms with Crippen molar-refractivity contribution in [2.75, 3.05) is 25.0 Å². The van der Waals surface area contributed by atoms with Gasteiger partial charge in [-0.05, 0) is 55.4 Å². The van der Waals surface area contributed by atoms with Crippen molar-refractivity contribution in [1.29, 1.82) is 5.26 Å². The summed E-state index contributed by atoms with van der Waals surface area (Å²) < 4.78 is 26.9. The number of aromatic nitrogens is 1. The molecule has 3 heterocycles. The average Bonchev–Trinajstić information content (AvgIpc) is 3.71. The number of likely N-dealkylation sites (tertiary alicyclic amines) is 2. The van der Waals surface area contributed by atoms with E-state index in [4.69, 9.17) is 5.26 Å². The van der Waals surface area contributed by atoms with Gasteiger partial charge in [-0.1, -0.05) is 24.6 Å². The number of fused-ring (bicyclic) bond motifs is 2. The molecule has 1 saturated carbocycles. The number of nitrogens with one attached hydrogen (secondary N) is 2. The van der Waals surface area contributed by atoms with Crippen LogP contribution in [0.2, 0.25) is 0 Å². The van der Waals surface area contributed by atoms with Crippen LogP contribution in [-0.2, 0) is 9.59 Å². The topological polar surface area (TPSA) is 109 Å². The predicted octanol–water partition coefficient (Wildman–Crippen LogP) is 4.31. The van der Waals surface area contributed by atoms with E-state index in [1.807, 2.05) is 29.2 Å². The molecule has 4 atom stereocenters. The number of hydrogen-bond donors (Lipinski definition) is 2. The molecule has 3 aliphatic rings. The van der Waals surface area contributed by atoms with Crippen molar-refractivity contribution in [3.63, 3.8) is 0 Å². The molecule has 0 spiro atoms. The fourth-order valence-corrected chi connectivity index (χ4v) is 5.91. The second-order valence-electron chi connectivity index (χ2n) is 10.4. The van der Waals surface area contributed by atoms with E-state index in [1.54, 1.807) is 12.1 Å². The number of hydrogen-bond acceptors (Lipinski definition) is 4. The minimum atomic E-state index is -0.642. The third-order valence-corrected chi connectivity index (χ3v) is 7.93. The van der Waals surface area contributed by atoms with Gasteiger partial charge in [0.1, 0.15) is 23.4 Å². The lowest BCUT2D eigenvalue weighted by molar-refractivity contribution is -0.120. The summed E-state index contributed by atoms with van der Waals surface area (Å²) in [6.45, 7) is 1.88. The highest BCUT2D eigenvalue weighted by atomic mass is 19.1. The normalized spacial score (nSPS) is 23.6. The van der Waals surface area contributed by atoms with Crippen LogP contribution >= 0.6 is 0 Å². The van der Waals surface area contributed by atoms with Crippen LogP contribution in [-0.4, -0.2) is 58.7 Å². The molecule has 3 fully saturated rings. The van der Waals surface area contributed by atoms with Gasteiger partial charge in [0.2, 0.25) is 12.3 Å². The molecule has 1 aliphatic carbocycles. The Hall–Kier alpha value is -4.26. The Kier molecular flexibility index (Phi) is 7.59. The second kappa shape index (κ2) is 11.2. The number of amides is 3. The Morgan fingerprint density at radius 2 is 1.77 bits per heavy atom. The number of carbonyl (C=O) groups is 3. The average molecular weight is 534 g/mol. The highest BCUT2D eigenvalue weighted by molar-refractivity contribution is 5.98. The molecule has 3 aromatic rings. The van der Waals surface area contributed by atoms with Crippen molar-refractivity contribution in [2.24, 2.45) is 17.8 Å². The molecule has 2 N–H and O–H groups in total. The Balaban J connectivity index is 0.000000160. The van der Waals surface area contributed by atoms with Crippen LogP contribution < -0.4 is 5.32 Å². The SMILES string of the molecule is N#CC1CC(C(=O)Nc2ccccc2)CN1C=O.O=C(c1cc2c(F)cc(F)cc2[nH]1)N1CC2CCCC2C1. The number of carbonyl (C=O) groups excluding carboxylic acids is 3. The van der Waals surface area contributed by atoms with Gasteiger partial charge < -0.3 is 20.1 Å². The van der Waals surface area contributed by atoms with Gasteiger partial charge in [0.05, 0.1) is 17.5 Å². The highest BCUT2D eigenvalue weighted by Crippen LogP contribution is 2.38. The fraction of sp³-hybridized carbons (Fsp3) is 0.379. The summed E-state index contributed by atoms with van der Waals surface area (Å²) in [6, 6.07) is 14.2. The maximum absolute atomic E-state index is 13.7. The lowest BCUT2D eigenvalue weighted by Gasteiger charge is -2.16. The van der Waals surface area contributed by atoms with Gasteiger partial charge in [-0.25, -0.2) is 8.78 Å². The van der Waals surface area contributed by atoms with E-state index in [1.165, 1.54) is 36.3 Å². The quantitative estimate of drug-likeness (QED) is 0.487. The van der Waals surface area contributed by atoms with Crippen LogP contribution in [0.15, 0.2) is 48.5 Å². The summed E-state index contributed by atoms with van der Waals surface area (Å²) in [4.78, 5) is 41.3. The van der Waals surface area contributed by atoms with Crippen molar-refractivity contribution >= 4 is 34.8 Å². The fourth-order valence-electron chi connectivity index (χ4n) is 5.91. The maximum atomic E-state index is 13.7. The van der Waals surface area contributed by atoms with E-state index in [2.05, 4.69) is 10.3 Å². The molecule has 8 nitrogen and oxygen atoms in total. The molecule has 6 rings (SSSR count). The zero-order chi connectivity index (χ0) is 27.5. The van der Waals surface area contributed by atoms with E-state index in [9.17, 15) is 23.2 Å². The maximum Gasteiger partial charge on any atom is 0.270 e. The zero-order valence-electron chi connectivity index (χ0n) is 21.3. The first-order valence-electron chi connectivity index (χ1n) is 13.1.